The lowest BCUT2D eigenvalue weighted by Crippen LogP contribution is -2.12. The van der Waals surface area contributed by atoms with Crippen molar-refractivity contribution in [3.8, 4) is 11.4 Å². The molecule has 9 heteroatoms. The minimum Gasteiger partial charge on any atom is -0.305 e. The highest BCUT2D eigenvalue weighted by Gasteiger charge is 2.12. The van der Waals surface area contributed by atoms with E-state index in [0.29, 0.717) is 27.4 Å². The molecule has 0 N–H and O–H groups in total. The van der Waals surface area contributed by atoms with Gasteiger partial charge in [0.05, 0.1) is 5.69 Å². The van der Waals surface area contributed by atoms with Crippen molar-refractivity contribution < 1.29 is 4.39 Å². The van der Waals surface area contributed by atoms with Crippen LogP contribution >= 0.6 is 23.1 Å². The molecule has 0 aliphatic rings. The molecule has 0 fully saturated rings. The second-order valence-corrected chi connectivity index (χ2v) is 7.12. The molecule has 0 saturated heterocycles. The first-order valence-corrected chi connectivity index (χ1v) is 9.22. The summed E-state index contributed by atoms with van der Waals surface area (Å²) in [5.74, 6) is 0.880. The zero-order valence-electron chi connectivity index (χ0n) is 13.1. The Labute approximate surface area is 150 Å². The third-order valence-corrected chi connectivity index (χ3v) is 5.45. The van der Waals surface area contributed by atoms with Gasteiger partial charge < -0.3 is 4.57 Å². The summed E-state index contributed by atoms with van der Waals surface area (Å²) in [6.07, 6.45) is 1.71. The first-order valence-electron chi connectivity index (χ1n) is 7.36. The normalized spacial score (nSPS) is 11.3. The van der Waals surface area contributed by atoms with E-state index in [9.17, 15) is 9.18 Å². The minimum absolute atomic E-state index is 0.0909. The van der Waals surface area contributed by atoms with Gasteiger partial charge in [-0.1, -0.05) is 11.8 Å². The topological polar surface area (TPSA) is 65.1 Å². The van der Waals surface area contributed by atoms with Gasteiger partial charge in [0.25, 0.3) is 5.56 Å². The van der Waals surface area contributed by atoms with Gasteiger partial charge in [-0.05, 0) is 24.3 Å². The summed E-state index contributed by atoms with van der Waals surface area (Å²) >= 11 is 2.87. The van der Waals surface area contributed by atoms with Crippen molar-refractivity contribution >= 4 is 28.1 Å². The van der Waals surface area contributed by atoms with Crippen molar-refractivity contribution in [2.75, 3.05) is 0 Å². The summed E-state index contributed by atoms with van der Waals surface area (Å²) in [5, 5.41) is 10.9. The zero-order valence-corrected chi connectivity index (χ0v) is 14.7. The predicted molar refractivity (Wildman–Crippen MR) is 95.3 cm³/mol. The summed E-state index contributed by atoms with van der Waals surface area (Å²) in [4.78, 5) is 17.2. The maximum absolute atomic E-state index is 13.1. The Kier molecular flexibility index (Phi) is 4.10. The second-order valence-electron chi connectivity index (χ2n) is 5.30. The van der Waals surface area contributed by atoms with E-state index in [1.807, 2.05) is 17.0 Å². The molecular formula is C16H12FN5OS2. The molecule has 0 aliphatic heterocycles. The Balaban J connectivity index is 1.56. The standard InChI is InChI=1S/C16H12FN5OS2/c1-21-14(10-2-4-11(17)5-3-10)19-20-16(21)25-9-12-8-13(23)22-6-7-24-15(22)18-12/h2-8H,9H2,1H3. The van der Waals surface area contributed by atoms with E-state index >= 15 is 0 Å². The summed E-state index contributed by atoms with van der Waals surface area (Å²) < 4.78 is 16.4. The SMILES string of the molecule is Cn1c(SCc2cc(=O)n3ccsc3n2)nnc1-c1ccc(F)cc1. The molecular weight excluding hydrogens is 361 g/mol. The monoisotopic (exact) mass is 373 g/mol. The third kappa shape index (κ3) is 3.08. The lowest BCUT2D eigenvalue weighted by Gasteiger charge is -2.04. The average Bonchev–Trinajstić information content (AvgIpc) is 3.21. The maximum atomic E-state index is 13.1. The summed E-state index contributed by atoms with van der Waals surface area (Å²) in [6, 6.07) is 7.65. The van der Waals surface area contributed by atoms with Gasteiger partial charge in [0, 0.05) is 36.0 Å². The Bertz CT molecular complexity index is 1100. The van der Waals surface area contributed by atoms with Crippen molar-refractivity contribution in [3.63, 3.8) is 0 Å². The van der Waals surface area contributed by atoms with E-state index in [1.165, 1.54) is 45.7 Å². The van der Waals surface area contributed by atoms with E-state index in [4.69, 9.17) is 0 Å². The van der Waals surface area contributed by atoms with Crippen molar-refractivity contribution in [3.05, 3.63) is 63.8 Å². The number of thiazole rings is 1. The smallest absolute Gasteiger partial charge is 0.258 e. The van der Waals surface area contributed by atoms with Gasteiger partial charge in [-0.2, -0.15) is 0 Å². The minimum atomic E-state index is -0.290. The van der Waals surface area contributed by atoms with Gasteiger partial charge in [-0.3, -0.25) is 9.20 Å². The molecule has 25 heavy (non-hydrogen) atoms. The number of halogens is 1. The molecule has 126 valence electrons. The van der Waals surface area contributed by atoms with Gasteiger partial charge in [0.15, 0.2) is 15.9 Å². The Morgan fingerprint density at radius 3 is 2.84 bits per heavy atom. The quantitative estimate of drug-likeness (QED) is 0.515. The number of rotatable bonds is 4. The van der Waals surface area contributed by atoms with E-state index in [-0.39, 0.29) is 11.4 Å². The number of nitrogens with zero attached hydrogens (tertiary/aromatic N) is 5. The molecule has 0 unspecified atom stereocenters. The molecule has 4 rings (SSSR count). The first kappa shape index (κ1) is 16.0. The van der Waals surface area contributed by atoms with Crippen LogP contribution in [-0.4, -0.2) is 24.1 Å². The van der Waals surface area contributed by atoms with Gasteiger partial charge >= 0.3 is 0 Å². The number of thioether (sulfide) groups is 1. The molecule has 6 nitrogen and oxygen atoms in total. The number of benzene rings is 1. The Hall–Kier alpha value is -2.52. The van der Waals surface area contributed by atoms with Crippen LogP contribution < -0.4 is 5.56 Å². The summed E-state index contributed by atoms with van der Waals surface area (Å²) in [7, 11) is 1.85. The van der Waals surface area contributed by atoms with Crippen molar-refractivity contribution in [2.24, 2.45) is 7.05 Å². The van der Waals surface area contributed by atoms with Crippen LogP contribution in [0.25, 0.3) is 16.3 Å². The highest BCUT2D eigenvalue weighted by molar-refractivity contribution is 7.98. The lowest BCUT2D eigenvalue weighted by atomic mass is 10.2. The largest absolute Gasteiger partial charge is 0.305 e. The molecule has 0 saturated carbocycles. The highest BCUT2D eigenvalue weighted by Crippen LogP contribution is 2.25. The number of aromatic nitrogens is 5. The zero-order chi connectivity index (χ0) is 17.4. The van der Waals surface area contributed by atoms with Gasteiger partial charge in [-0.25, -0.2) is 9.37 Å². The van der Waals surface area contributed by atoms with Crippen LogP contribution in [0.3, 0.4) is 0 Å². The molecule has 3 heterocycles. The summed E-state index contributed by atoms with van der Waals surface area (Å²) in [6.45, 7) is 0. The molecule has 0 amide bonds. The van der Waals surface area contributed by atoms with Crippen molar-refractivity contribution in [1.82, 2.24) is 24.1 Å². The Morgan fingerprint density at radius 2 is 2.04 bits per heavy atom. The van der Waals surface area contributed by atoms with Crippen LogP contribution in [-0.2, 0) is 12.8 Å². The van der Waals surface area contributed by atoms with Crippen LogP contribution in [0.4, 0.5) is 4.39 Å². The third-order valence-electron chi connectivity index (χ3n) is 3.64. The van der Waals surface area contributed by atoms with Gasteiger partial charge in [-0.15, -0.1) is 21.5 Å². The lowest BCUT2D eigenvalue weighted by molar-refractivity contribution is 0.628. The fourth-order valence-electron chi connectivity index (χ4n) is 2.39. The highest BCUT2D eigenvalue weighted by atomic mass is 32.2. The van der Waals surface area contributed by atoms with E-state index in [2.05, 4.69) is 15.2 Å². The van der Waals surface area contributed by atoms with Gasteiger partial charge in [0.1, 0.15) is 5.82 Å². The fourth-order valence-corrected chi connectivity index (χ4v) is 3.93. The number of hydrogen-bond acceptors (Lipinski definition) is 6. The molecule has 4 aromatic rings. The fraction of sp³-hybridized carbons (Fsp3) is 0.125. The molecule has 3 aromatic heterocycles. The van der Waals surface area contributed by atoms with Gasteiger partial charge in [0.2, 0.25) is 0 Å². The molecule has 0 atom stereocenters. The summed E-state index contributed by atoms with van der Waals surface area (Å²) in [5.41, 5.74) is 1.40. The van der Waals surface area contributed by atoms with Crippen LogP contribution in [0.5, 0.6) is 0 Å². The molecule has 0 bridgehead atoms. The van der Waals surface area contributed by atoms with E-state index in [1.54, 1.807) is 18.3 Å². The molecule has 0 spiro atoms. The number of hydrogen-bond donors (Lipinski definition) is 0. The molecule has 0 aliphatic carbocycles. The molecule has 0 radical (unpaired) electrons. The van der Waals surface area contributed by atoms with Crippen LogP contribution in [0, 0.1) is 5.82 Å². The molecule has 1 aromatic carbocycles. The number of fused-ring (bicyclic) bond motifs is 1. The Morgan fingerprint density at radius 1 is 1.24 bits per heavy atom. The van der Waals surface area contributed by atoms with E-state index in [0.717, 1.165) is 5.56 Å². The first-order chi connectivity index (χ1) is 12.1. The van der Waals surface area contributed by atoms with Crippen molar-refractivity contribution in [2.45, 2.75) is 10.9 Å². The van der Waals surface area contributed by atoms with E-state index < -0.39 is 0 Å². The second kappa shape index (κ2) is 6.41. The maximum Gasteiger partial charge on any atom is 0.258 e. The average molecular weight is 373 g/mol. The van der Waals surface area contributed by atoms with Crippen LogP contribution in [0.15, 0.2) is 51.9 Å². The van der Waals surface area contributed by atoms with Crippen LogP contribution in [0.2, 0.25) is 0 Å². The van der Waals surface area contributed by atoms with Crippen LogP contribution in [0.1, 0.15) is 5.69 Å². The van der Waals surface area contributed by atoms with Crippen molar-refractivity contribution in [1.29, 1.82) is 0 Å². The predicted octanol–water partition coefficient (Wildman–Crippen LogP) is 2.98.